The number of hydrogen-bond donors (Lipinski definition) is 0. The van der Waals surface area contributed by atoms with Gasteiger partial charge < -0.3 is 14.2 Å². The van der Waals surface area contributed by atoms with Gasteiger partial charge in [0.25, 0.3) is 0 Å². The van der Waals surface area contributed by atoms with Crippen molar-refractivity contribution in [1.82, 2.24) is 0 Å². The highest BCUT2D eigenvalue weighted by molar-refractivity contribution is 5.70. The third kappa shape index (κ3) is 2.85. The number of ether oxygens (including phenoxy) is 3. The van der Waals surface area contributed by atoms with E-state index >= 15 is 0 Å². The van der Waals surface area contributed by atoms with Crippen LogP contribution >= 0.6 is 0 Å². The van der Waals surface area contributed by atoms with Gasteiger partial charge in [-0.2, -0.15) is 0 Å². The first-order valence-electron chi connectivity index (χ1n) is 12.7. The molecule has 1 spiro atoms. The van der Waals surface area contributed by atoms with E-state index in [0.717, 1.165) is 31.1 Å². The molecule has 0 bridgehead atoms. The molecule has 0 heterocycles. The first kappa shape index (κ1) is 22.4. The molecule has 5 nitrogen and oxygen atoms in total. The van der Waals surface area contributed by atoms with Crippen LogP contribution in [0.25, 0.3) is 0 Å². The van der Waals surface area contributed by atoms with Gasteiger partial charge in [0.2, 0.25) is 0 Å². The zero-order chi connectivity index (χ0) is 22.9. The van der Waals surface area contributed by atoms with Gasteiger partial charge in [-0.1, -0.05) is 25.5 Å². The van der Waals surface area contributed by atoms with Crippen molar-refractivity contribution in [3.8, 4) is 0 Å². The standard InChI is InChI=1S/C27H40O5/c1-16(12-24(29)31-5)20-6-7-22-19-13-23(30-4)27-14-18(27)8-10-25(27,3)21(19)9-11-26(20,22)15-32-17(2)28/h6,16,18-19,21-23H,7-15H2,1-5H3/t16-,18-,19-,21+,22+,23-,25-,26+,27+/m1/s1. The second kappa shape index (κ2) is 7.58. The van der Waals surface area contributed by atoms with Crippen LogP contribution in [0.15, 0.2) is 11.6 Å². The molecule has 4 saturated carbocycles. The fourth-order valence-corrected chi connectivity index (χ4v) is 9.64. The number of esters is 2. The van der Waals surface area contributed by atoms with Crippen LogP contribution in [0.5, 0.6) is 0 Å². The van der Waals surface area contributed by atoms with Crippen LogP contribution in [0.1, 0.15) is 72.1 Å². The molecule has 0 unspecified atom stereocenters. The smallest absolute Gasteiger partial charge is 0.306 e. The summed E-state index contributed by atoms with van der Waals surface area (Å²) in [7, 11) is 3.37. The largest absolute Gasteiger partial charge is 0.469 e. The van der Waals surface area contributed by atoms with Crippen LogP contribution in [0.2, 0.25) is 0 Å². The average Bonchev–Trinajstić information content (AvgIpc) is 3.24. The molecule has 0 N–H and O–H groups in total. The van der Waals surface area contributed by atoms with Gasteiger partial charge in [0.1, 0.15) is 6.61 Å². The lowest BCUT2D eigenvalue weighted by Crippen LogP contribution is -2.58. The van der Waals surface area contributed by atoms with E-state index in [1.165, 1.54) is 45.3 Å². The molecule has 0 radical (unpaired) electrons. The summed E-state index contributed by atoms with van der Waals surface area (Å²) in [6.07, 6.45) is 11.6. The minimum atomic E-state index is -0.215. The molecular formula is C27H40O5. The van der Waals surface area contributed by atoms with E-state index in [1.54, 1.807) is 0 Å². The molecule has 4 fully saturated rings. The molecule has 5 aliphatic rings. The predicted octanol–water partition coefficient (Wildman–Crippen LogP) is 4.93. The Morgan fingerprint density at radius 1 is 1.19 bits per heavy atom. The van der Waals surface area contributed by atoms with E-state index in [0.29, 0.717) is 41.8 Å². The van der Waals surface area contributed by atoms with E-state index in [9.17, 15) is 9.59 Å². The Balaban J connectivity index is 1.48. The number of carbonyl (C=O) groups is 2. The Hall–Kier alpha value is -1.36. The monoisotopic (exact) mass is 444 g/mol. The maximum absolute atomic E-state index is 12.1. The number of allylic oxidation sites excluding steroid dienone is 1. The van der Waals surface area contributed by atoms with Crippen molar-refractivity contribution in [3.05, 3.63) is 11.6 Å². The second-order valence-corrected chi connectivity index (χ2v) is 11.8. The molecular weight excluding hydrogens is 404 g/mol. The Morgan fingerprint density at radius 3 is 2.62 bits per heavy atom. The number of carbonyl (C=O) groups excluding carboxylic acids is 2. The molecule has 5 heteroatoms. The Kier molecular flexibility index (Phi) is 5.31. The second-order valence-electron chi connectivity index (χ2n) is 11.8. The molecule has 32 heavy (non-hydrogen) atoms. The molecule has 0 aromatic carbocycles. The number of fused-ring (bicyclic) bond motifs is 4. The molecule has 5 rings (SSSR count). The van der Waals surface area contributed by atoms with Crippen molar-refractivity contribution >= 4 is 11.9 Å². The van der Waals surface area contributed by atoms with Crippen LogP contribution in [-0.2, 0) is 23.8 Å². The summed E-state index contributed by atoms with van der Waals surface area (Å²) in [5.74, 6) is 2.34. The molecule has 0 aliphatic heterocycles. The van der Waals surface area contributed by atoms with Gasteiger partial charge in [-0.25, -0.2) is 0 Å². The third-order valence-electron chi connectivity index (χ3n) is 11.0. The first-order chi connectivity index (χ1) is 15.2. The van der Waals surface area contributed by atoms with E-state index in [-0.39, 0.29) is 23.3 Å². The van der Waals surface area contributed by atoms with Crippen LogP contribution in [0.3, 0.4) is 0 Å². The fraction of sp³-hybridized carbons (Fsp3) is 0.852. The fourth-order valence-electron chi connectivity index (χ4n) is 9.64. The van der Waals surface area contributed by atoms with E-state index in [1.807, 2.05) is 7.11 Å². The average molecular weight is 445 g/mol. The molecule has 0 aromatic rings. The molecule has 0 amide bonds. The Bertz CT molecular complexity index is 834. The van der Waals surface area contributed by atoms with Crippen molar-refractivity contribution in [2.75, 3.05) is 20.8 Å². The third-order valence-corrected chi connectivity index (χ3v) is 11.0. The molecule has 5 aliphatic carbocycles. The Labute approximate surface area is 192 Å². The summed E-state index contributed by atoms with van der Waals surface area (Å²) < 4.78 is 16.9. The summed E-state index contributed by atoms with van der Waals surface area (Å²) in [5, 5.41) is 0. The molecule has 178 valence electrons. The summed E-state index contributed by atoms with van der Waals surface area (Å²) in [5.41, 5.74) is 1.95. The van der Waals surface area contributed by atoms with E-state index in [2.05, 4.69) is 19.9 Å². The van der Waals surface area contributed by atoms with Crippen molar-refractivity contribution in [2.24, 2.45) is 45.8 Å². The topological polar surface area (TPSA) is 61.8 Å². The van der Waals surface area contributed by atoms with Crippen LogP contribution in [0.4, 0.5) is 0 Å². The van der Waals surface area contributed by atoms with Gasteiger partial charge in [0.15, 0.2) is 0 Å². The molecule has 9 atom stereocenters. The zero-order valence-electron chi connectivity index (χ0n) is 20.4. The van der Waals surface area contributed by atoms with E-state index < -0.39 is 0 Å². The molecule has 0 saturated heterocycles. The van der Waals surface area contributed by atoms with Gasteiger partial charge in [-0.15, -0.1) is 0 Å². The number of rotatable bonds is 6. The summed E-state index contributed by atoms with van der Waals surface area (Å²) >= 11 is 0. The van der Waals surface area contributed by atoms with Crippen LogP contribution < -0.4 is 0 Å². The van der Waals surface area contributed by atoms with Gasteiger partial charge in [-0.05, 0) is 80.0 Å². The summed E-state index contributed by atoms with van der Waals surface area (Å²) in [6, 6.07) is 0. The lowest BCUT2D eigenvalue weighted by molar-refractivity contribution is -0.168. The minimum Gasteiger partial charge on any atom is -0.469 e. The summed E-state index contributed by atoms with van der Waals surface area (Å²) in [6.45, 7) is 6.65. The quantitative estimate of drug-likeness (QED) is 0.429. The van der Waals surface area contributed by atoms with Crippen molar-refractivity contribution in [2.45, 2.75) is 78.2 Å². The lowest BCUT2D eigenvalue weighted by Gasteiger charge is -2.61. The van der Waals surface area contributed by atoms with Gasteiger partial charge in [0.05, 0.1) is 19.6 Å². The van der Waals surface area contributed by atoms with E-state index in [4.69, 9.17) is 14.2 Å². The van der Waals surface area contributed by atoms with Gasteiger partial charge in [-0.3, -0.25) is 9.59 Å². The number of methoxy groups -OCH3 is 2. The van der Waals surface area contributed by atoms with Crippen LogP contribution in [-0.4, -0.2) is 38.9 Å². The van der Waals surface area contributed by atoms with Crippen molar-refractivity contribution < 1.29 is 23.8 Å². The maximum atomic E-state index is 12.1. The highest BCUT2D eigenvalue weighted by Crippen LogP contribution is 2.82. The normalized spacial score (nSPS) is 46.8. The first-order valence-corrected chi connectivity index (χ1v) is 12.7. The maximum Gasteiger partial charge on any atom is 0.306 e. The van der Waals surface area contributed by atoms with Gasteiger partial charge in [0, 0.05) is 24.9 Å². The highest BCUT2D eigenvalue weighted by atomic mass is 16.5. The zero-order valence-corrected chi connectivity index (χ0v) is 20.4. The molecule has 0 aromatic heterocycles. The minimum absolute atomic E-state index is 0.0996. The highest BCUT2D eigenvalue weighted by Gasteiger charge is 2.77. The SMILES string of the molecule is COC(=O)C[C@@H](C)C1=CC[C@H]2[C@@H]3C[C@@H](OC)[C@]45C[C@H]4CC[C@]5(C)[C@H]3CC[C@]12COC(C)=O. The summed E-state index contributed by atoms with van der Waals surface area (Å²) in [4.78, 5) is 23.9. The lowest BCUT2D eigenvalue weighted by atomic mass is 9.45. The Morgan fingerprint density at radius 2 is 1.97 bits per heavy atom. The predicted molar refractivity (Wildman–Crippen MR) is 121 cm³/mol. The van der Waals surface area contributed by atoms with Crippen molar-refractivity contribution in [1.29, 1.82) is 0 Å². The van der Waals surface area contributed by atoms with Crippen molar-refractivity contribution in [3.63, 3.8) is 0 Å². The van der Waals surface area contributed by atoms with Gasteiger partial charge >= 0.3 is 11.9 Å². The van der Waals surface area contributed by atoms with Crippen LogP contribution in [0, 0.1) is 45.8 Å². The number of hydrogen-bond acceptors (Lipinski definition) is 5.